The summed E-state index contributed by atoms with van der Waals surface area (Å²) in [6, 6.07) is 4.97. The Bertz CT molecular complexity index is 610. The molecule has 104 valence electrons. The number of nitrogens with zero attached hydrogens (tertiary/aromatic N) is 1. The van der Waals surface area contributed by atoms with Gasteiger partial charge in [-0.1, -0.05) is 22.0 Å². The van der Waals surface area contributed by atoms with E-state index in [1.54, 1.807) is 25.3 Å². The molecule has 1 N–H and O–H groups in total. The molecule has 5 nitrogen and oxygen atoms in total. The molecule has 6 heteroatoms. The predicted molar refractivity (Wildman–Crippen MR) is 79.1 cm³/mol. The van der Waals surface area contributed by atoms with Gasteiger partial charge in [-0.05, 0) is 24.3 Å². The zero-order chi connectivity index (χ0) is 14.7. The minimum absolute atomic E-state index is 0.178. The van der Waals surface area contributed by atoms with E-state index in [4.69, 9.17) is 4.74 Å². The van der Waals surface area contributed by atoms with Crippen LogP contribution in [0.4, 0.5) is 4.79 Å². The summed E-state index contributed by atoms with van der Waals surface area (Å²) in [4.78, 5) is 24.8. The van der Waals surface area contributed by atoms with Crippen LogP contribution in [0.25, 0.3) is 6.08 Å². The van der Waals surface area contributed by atoms with E-state index in [1.165, 1.54) is 6.08 Å². The number of carbonyl (C=O) groups is 2. The van der Waals surface area contributed by atoms with Crippen molar-refractivity contribution in [1.82, 2.24) is 10.2 Å². The Balaban J connectivity index is 2.37. The Kier molecular flexibility index (Phi) is 4.24. The SMILES string of the molecule is C=CCN1C(=O)NC(=Cc2cc(Br)ccc2OC)C1=O. The summed E-state index contributed by atoms with van der Waals surface area (Å²) in [6.45, 7) is 3.70. The molecule has 20 heavy (non-hydrogen) atoms. The first-order valence-electron chi connectivity index (χ1n) is 5.85. The summed E-state index contributed by atoms with van der Waals surface area (Å²) in [7, 11) is 1.55. The molecule has 1 saturated heterocycles. The lowest BCUT2D eigenvalue weighted by atomic mass is 10.1. The van der Waals surface area contributed by atoms with E-state index in [2.05, 4.69) is 27.8 Å². The zero-order valence-corrected chi connectivity index (χ0v) is 12.4. The highest BCUT2D eigenvalue weighted by molar-refractivity contribution is 9.10. The first kappa shape index (κ1) is 14.3. The van der Waals surface area contributed by atoms with E-state index >= 15 is 0 Å². The van der Waals surface area contributed by atoms with Crippen LogP contribution in [0.5, 0.6) is 5.75 Å². The molecule has 0 saturated carbocycles. The van der Waals surface area contributed by atoms with Crippen molar-refractivity contribution in [3.8, 4) is 5.75 Å². The average molecular weight is 337 g/mol. The van der Waals surface area contributed by atoms with E-state index in [1.807, 2.05) is 6.07 Å². The maximum atomic E-state index is 12.1. The third-order valence-electron chi connectivity index (χ3n) is 2.77. The highest BCUT2D eigenvalue weighted by atomic mass is 79.9. The molecule has 1 aliphatic rings. The molecule has 0 aromatic heterocycles. The Labute approximate surface area is 125 Å². The molecule has 3 amide bonds. The van der Waals surface area contributed by atoms with Crippen molar-refractivity contribution in [3.05, 3.63) is 46.6 Å². The van der Waals surface area contributed by atoms with Crippen molar-refractivity contribution in [2.75, 3.05) is 13.7 Å². The van der Waals surface area contributed by atoms with Gasteiger partial charge in [0.05, 0.1) is 7.11 Å². The summed E-state index contributed by atoms with van der Waals surface area (Å²) in [6.07, 6.45) is 3.09. The molecular formula is C14H13BrN2O3. The molecular weight excluding hydrogens is 324 g/mol. The molecule has 0 unspecified atom stereocenters. The maximum Gasteiger partial charge on any atom is 0.329 e. The van der Waals surface area contributed by atoms with Crippen LogP contribution in [0.15, 0.2) is 41.0 Å². The second-order valence-electron chi connectivity index (χ2n) is 4.08. The maximum absolute atomic E-state index is 12.1. The lowest BCUT2D eigenvalue weighted by molar-refractivity contribution is -0.122. The van der Waals surface area contributed by atoms with Gasteiger partial charge in [-0.3, -0.25) is 9.69 Å². The lowest BCUT2D eigenvalue weighted by Gasteiger charge is -2.07. The second-order valence-corrected chi connectivity index (χ2v) is 4.99. The van der Waals surface area contributed by atoms with Crippen LogP contribution in [-0.4, -0.2) is 30.5 Å². The van der Waals surface area contributed by atoms with Crippen LogP contribution in [0.2, 0.25) is 0 Å². The van der Waals surface area contributed by atoms with Crippen molar-refractivity contribution in [2.24, 2.45) is 0 Å². The van der Waals surface area contributed by atoms with Gasteiger partial charge in [0, 0.05) is 16.6 Å². The molecule has 1 aromatic rings. The highest BCUT2D eigenvalue weighted by Crippen LogP contribution is 2.26. The summed E-state index contributed by atoms with van der Waals surface area (Å²) in [5.74, 6) is 0.238. The van der Waals surface area contributed by atoms with Crippen LogP contribution in [0.1, 0.15) is 5.56 Å². The van der Waals surface area contributed by atoms with Crippen molar-refractivity contribution >= 4 is 33.9 Å². The third kappa shape index (κ3) is 2.75. The summed E-state index contributed by atoms with van der Waals surface area (Å²) in [5, 5.41) is 2.54. The van der Waals surface area contributed by atoms with E-state index in [0.29, 0.717) is 11.3 Å². The lowest BCUT2D eigenvalue weighted by Crippen LogP contribution is -2.30. The molecule has 1 heterocycles. The fraction of sp³-hybridized carbons (Fsp3) is 0.143. The van der Waals surface area contributed by atoms with Gasteiger partial charge < -0.3 is 10.1 Å². The number of nitrogens with one attached hydrogen (secondary N) is 1. The Hall–Kier alpha value is -2.08. The van der Waals surface area contributed by atoms with Gasteiger partial charge in [-0.15, -0.1) is 6.58 Å². The Morgan fingerprint density at radius 1 is 1.45 bits per heavy atom. The summed E-state index contributed by atoms with van der Waals surface area (Å²) in [5.41, 5.74) is 0.916. The first-order chi connectivity index (χ1) is 9.56. The standard InChI is InChI=1S/C14H13BrN2O3/c1-3-6-17-13(18)11(16-14(17)19)8-9-7-10(15)4-5-12(9)20-2/h3-5,7-8H,1,6H2,2H3,(H,16,19). The van der Waals surface area contributed by atoms with Gasteiger partial charge in [0.25, 0.3) is 5.91 Å². The highest BCUT2D eigenvalue weighted by Gasteiger charge is 2.32. The van der Waals surface area contributed by atoms with Gasteiger partial charge in [0.15, 0.2) is 0 Å². The fourth-order valence-corrected chi connectivity index (χ4v) is 2.22. The minimum atomic E-state index is -0.449. The molecule has 0 radical (unpaired) electrons. The van der Waals surface area contributed by atoms with E-state index < -0.39 is 6.03 Å². The molecule has 0 spiro atoms. The summed E-state index contributed by atoms with van der Waals surface area (Å²) >= 11 is 3.36. The van der Waals surface area contributed by atoms with Crippen LogP contribution >= 0.6 is 15.9 Å². The fourth-order valence-electron chi connectivity index (χ4n) is 1.84. The zero-order valence-electron chi connectivity index (χ0n) is 10.9. The molecule has 1 aromatic carbocycles. The predicted octanol–water partition coefficient (Wildman–Crippen LogP) is 2.54. The topological polar surface area (TPSA) is 58.6 Å². The number of hydrogen-bond donors (Lipinski definition) is 1. The number of methoxy groups -OCH3 is 1. The van der Waals surface area contributed by atoms with Gasteiger partial charge in [-0.25, -0.2) is 4.79 Å². The largest absolute Gasteiger partial charge is 0.496 e. The smallest absolute Gasteiger partial charge is 0.329 e. The van der Waals surface area contributed by atoms with Gasteiger partial charge in [-0.2, -0.15) is 0 Å². The van der Waals surface area contributed by atoms with Crippen LogP contribution in [0.3, 0.4) is 0 Å². The molecule has 0 aliphatic carbocycles. The van der Waals surface area contributed by atoms with E-state index in [9.17, 15) is 9.59 Å². The first-order valence-corrected chi connectivity index (χ1v) is 6.65. The molecule has 0 bridgehead atoms. The Morgan fingerprint density at radius 2 is 2.20 bits per heavy atom. The average Bonchev–Trinajstić information content (AvgIpc) is 2.67. The van der Waals surface area contributed by atoms with Crippen molar-refractivity contribution < 1.29 is 14.3 Å². The van der Waals surface area contributed by atoms with Crippen LogP contribution in [-0.2, 0) is 4.79 Å². The van der Waals surface area contributed by atoms with E-state index in [-0.39, 0.29) is 18.1 Å². The number of halogens is 1. The molecule has 1 aliphatic heterocycles. The number of carbonyl (C=O) groups excluding carboxylic acids is 2. The van der Waals surface area contributed by atoms with Crippen LogP contribution in [0, 0.1) is 0 Å². The quantitative estimate of drug-likeness (QED) is 0.522. The van der Waals surface area contributed by atoms with Crippen molar-refractivity contribution in [2.45, 2.75) is 0 Å². The molecule has 0 atom stereocenters. The van der Waals surface area contributed by atoms with Crippen molar-refractivity contribution in [3.63, 3.8) is 0 Å². The molecule has 1 fully saturated rings. The number of urea groups is 1. The number of rotatable bonds is 4. The monoisotopic (exact) mass is 336 g/mol. The third-order valence-corrected chi connectivity index (χ3v) is 3.26. The second kappa shape index (κ2) is 5.92. The van der Waals surface area contributed by atoms with Gasteiger partial charge >= 0.3 is 6.03 Å². The van der Waals surface area contributed by atoms with Gasteiger partial charge in [0.2, 0.25) is 0 Å². The minimum Gasteiger partial charge on any atom is -0.496 e. The number of hydrogen-bond acceptors (Lipinski definition) is 3. The molecule has 2 rings (SSSR count). The Morgan fingerprint density at radius 3 is 2.85 bits per heavy atom. The van der Waals surface area contributed by atoms with Crippen molar-refractivity contribution in [1.29, 1.82) is 0 Å². The van der Waals surface area contributed by atoms with Crippen LogP contribution < -0.4 is 10.1 Å². The van der Waals surface area contributed by atoms with E-state index in [0.717, 1.165) is 9.37 Å². The number of benzene rings is 1. The number of amides is 3. The normalized spacial score (nSPS) is 16.5. The number of ether oxygens (including phenoxy) is 1. The summed E-state index contributed by atoms with van der Waals surface area (Å²) < 4.78 is 6.08. The van der Waals surface area contributed by atoms with Gasteiger partial charge in [0.1, 0.15) is 11.4 Å². The number of imide groups is 1.